The maximum atomic E-state index is 5.44. The van der Waals surface area contributed by atoms with Gasteiger partial charge in [0.05, 0.1) is 46.2 Å². The van der Waals surface area contributed by atoms with Crippen LogP contribution in [0.4, 0.5) is 0 Å². The number of nitrogens with one attached hydrogen (secondary N) is 2. The molecular weight excluding hydrogens is 310 g/mol. The van der Waals surface area contributed by atoms with E-state index in [0.29, 0.717) is 36.3 Å². The van der Waals surface area contributed by atoms with Crippen molar-refractivity contribution < 1.29 is 18.6 Å². The molecule has 0 fully saturated rings. The van der Waals surface area contributed by atoms with Crippen molar-refractivity contribution in [3.63, 3.8) is 0 Å². The average molecular weight is 333 g/mol. The molecule has 2 N–H and O–H groups in total. The summed E-state index contributed by atoms with van der Waals surface area (Å²) in [6, 6.07) is 7.38. The van der Waals surface area contributed by atoms with E-state index in [9.17, 15) is 0 Å². The van der Waals surface area contributed by atoms with E-state index < -0.39 is 0 Å². The predicted octanol–water partition coefficient (Wildman–Crippen LogP) is 2.17. The van der Waals surface area contributed by atoms with Crippen LogP contribution in [0.5, 0.6) is 17.2 Å². The molecule has 0 aliphatic carbocycles. The highest BCUT2D eigenvalue weighted by molar-refractivity contribution is 5.79. The average Bonchev–Trinajstić information content (AvgIpc) is 3.14. The smallest absolute Gasteiger partial charge is 0.191 e. The minimum absolute atomic E-state index is 0.480. The molecule has 7 nitrogen and oxygen atoms in total. The number of ether oxygens (including phenoxy) is 3. The van der Waals surface area contributed by atoms with E-state index >= 15 is 0 Å². The molecule has 0 aliphatic rings. The fraction of sp³-hybridized carbons (Fsp3) is 0.353. The number of aliphatic imine (C=N–C) groups is 1. The molecule has 0 saturated carbocycles. The quantitative estimate of drug-likeness (QED) is 0.597. The van der Waals surface area contributed by atoms with Crippen LogP contribution in [0.2, 0.25) is 0 Å². The lowest BCUT2D eigenvalue weighted by Gasteiger charge is -2.17. The van der Waals surface area contributed by atoms with Gasteiger partial charge in [0, 0.05) is 19.2 Å². The Labute approximate surface area is 141 Å². The van der Waals surface area contributed by atoms with Crippen molar-refractivity contribution in [2.45, 2.75) is 13.1 Å². The highest BCUT2D eigenvalue weighted by Crippen LogP contribution is 2.33. The minimum Gasteiger partial charge on any atom is -0.496 e. The SMILES string of the molecule is CN=C(NCc1ccco1)NCc1c(OC)cc(OC)cc1OC. The third-order valence-corrected chi connectivity index (χ3v) is 3.48. The van der Waals surface area contributed by atoms with E-state index in [2.05, 4.69) is 15.6 Å². The zero-order valence-corrected chi connectivity index (χ0v) is 14.4. The fourth-order valence-electron chi connectivity index (χ4n) is 2.23. The van der Waals surface area contributed by atoms with Crippen molar-refractivity contribution >= 4 is 5.96 Å². The zero-order chi connectivity index (χ0) is 17.4. The highest BCUT2D eigenvalue weighted by Gasteiger charge is 2.13. The van der Waals surface area contributed by atoms with E-state index in [1.165, 1.54) is 0 Å². The van der Waals surface area contributed by atoms with Crippen LogP contribution in [0.3, 0.4) is 0 Å². The normalized spacial score (nSPS) is 11.1. The lowest BCUT2D eigenvalue weighted by Crippen LogP contribution is -2.36. The summed E-state index contributed by atoms with van der Waals surface area (Å²) in [5.74, 6) is 3.51. The van der Waals surface area contributed by atoms with Gasteiger partial charge < -0.3 is 29.3 Å². The van der Waals surface area contributed by atoms with Gasteiger partial charge in [-0.15, -0.1) is 0 Å². The van der Waals surface area contributed by atoms with Crippen LogP contribution in [0.25, 0.3) is 0 Å². The second-order valence-electron chi connectivity index (χ2n) is 4.87. The van der Waals surface area contributed by atoms with Gasteiger partial charge in [-0.25, -0.2) is 0 Å². The van der Waals surface area contributed by atoms with Crippen LogP contribution >= 0.6 is 0 Å². The molecule has 24 heavy (non-hydrogen) atoms. The molecule has 7 heteroatoms. The van der Waals surface area contributed by atoms with E-state index in [-0.39, 0.29) is 0 Å². The van der Waals surface area contributed by atoms with E-state index in [1.807, 2.05) is 24.3 Å². The number of rotatable bonds is 7. The number of furan rings is 1. The van der Waals surface area contributed by atoms with Crippen LogP contribution in [0.15, 0.2) is 39.9 Å². The molecule has 0 radical (unpaired) electrons. The Kier molecular flexibility index (Phi) is 6.36. The van der Waals surface area contributed by atoms with E-state index in [4.69, 9.17) is 18.6 Å². The molecule has 0 atom stereocenters. The summed E-state index contributed by atoms with van der Waals surface area (Å²) in [6.07, 6.45) is 1.64. The van der Waals surface area contributed by atoms with Gasteiger partial charge in [-0.05, 0) is 12.1 Å². The summed E-state index contributed by atoms with van der Waals surface area (Å²) in [6.45, 7) is 1.03. The Bertz CT molecular complexity index is 643. The van der Waals surface area contributed by atoms with Crippen LogP contribution in [0, 0.1) is 0 Å². The van der Waals surface area contributed by atoms with E-state index in [0.717, 1.165) is 11.3 Å². The number of guanidine groups is 1. The van der Waals surface area contributed by atoms with Crippen molar-refractivity contribution in [1.29, 1.82) is 0 Å². The second kappa shape index (κ2) is 8.71. The molecule has 2 rings (SSSR count). The molecule has 0 saturated heterocycles. The maximum absolute atomic E-state index is 5.44. The summed E-state index contributed by atoms with van der Waals surface area (Å²) in [5.41, 5.74) is 0.877. The van der Waals surface area contributed by atoms with Crippen molar-refractivity contribution in [2.75, 3.05) is 28.4 Å². The number of benzene rings is 1. The highest BCUT2D eigenvalue weighted by atomic mass is 16.5. The van der Waals surface area contributed by atoms with Crippen LogP contribution < -0.4 is 24.8 Å². The summed E-state index contributed by atoms with van der Waals surface area (Å²) < 4.78 is 21.4. The molecule has 1 aromatic heterocycles. The first-order valence-electron chi connectivity index (χ1n) is 7.47. The van der Waals surface area contributed by atoms with Crippen molar-refractivity contribution in [3.05, 3.63) is 41.9 Å². The minimum atomic E-state index is 0.480. The molecule has 130 valence electrons. The van der Waals surface area contributed by atoms with Crippen LogP contribution in [-0.4, -0.2) is 34.3 Å². The second-order valence-corrected chi connectivity index (χ2v) is 4.87. The van der Waals surface area contributed by atoms with Crippen LogP contribution in [0.1, 0.15) is 11.3 Å². The summed E-state index contributed by atoms with van der Waals surface area (Å²) in [5, 5.41) is 6.41. The first kappa shape index (κ1) is 17.5. The Morgan fingerprint density at radius 2 is 1.71 bits per heavy atom. The lowest BCUT2D eigenvalue weighted by molar-refractivity contribution is 0.368. The molecular formula is C17H23N3O4. The zero-order valence-electron chi connectivity index (χ0n) is 14.4. The largest absolute Gasteiger partial charge is 0.496 e. The van der Waals surface area contributed by atoms with Crippen molar-refractivity contribution in [1.82, 2.24) is 10.6 Å². The van der Waals surface area contributed by atoms with Crippen molar-refractivity contribution in [2.24, 2.45) is 4.99 Å². The molecule has 0 aliphatic heterocycles. The van der Waals surface area contributed by atoms with Gasteiger partial charge in [0.2, 0.25) is 0 Å². The number of methoxy groups -OCH3 is 3. The molecule has 0 amide bonds. The fourth-order valence-corrected chi connectivity index (χ4v) is 2.23. The first-order valence-corrected chi connectivity index (χ1v) is 7.47. The number of hydrogen-bond donors (Lipinski definition) is 2. The molecule has 0 bridgehead atoms. The third-order valence-electron chi connectivity index (χ3n) is 3.48. The van der Waals surface area contributed by atoms with E-state index in [1.54, 1.807) is 34.6 Å². The summed E-state index contributed by atoms with van der Waals surface area (Å²) in [7, 11) is 6.54. The molecule has 0 spiro atoms. The Morgan fingerprint density at radius 3 is 2.21 bits per heavy atom. The maximum Gasteiger partial charge on any atom is 0.191 e. The Hall–Kier alpha value is -2.83. The van der Waals surface area contributed by atoms with Crippen LogP contribution in [-0.2, 0) is 13.1 Å². The Balaban J connectivity index is 2.06. The summed E-state index contributed by atoms with van der Waals surface area (Å²) in [4.78, 5) is 4.19. The van der Waals surface area contributed by atoms with Gasteiger partial charge in [0.25, 0.3) is 0 Å². The van der Waals surface area contributed by atoms with Gasteiger partial charge in [-0.1, -0.05) is 0 Å². The van der Waals surface area contributed by atoms with Crippen molar-refractivity contribution in [3.8, 4) is 17.2 Å². The lowest BCUT2D eigenvalue weighted by atomic mass is 10.1. The molecule has 1 aromatic carbocycles. The standard InChI is InChI=1S/C17H23N3O4/c1-18-17(19-10-12-6-5-7-24-12)20-11-14-15(22-3)8-13(21-2)9-16(14)23-4/h5-9H,10-11H2,1-4H3,(H2,18,19,20). The number of hydrogen-bond acceptors (Lipinski definition) is 5. The van der Waals surface area contributed by atoms with Gasteiger partial charge in [-0.3, -0.25) is 4.99 Å². The number of nitrogens with zero attached hydrogens (tertiary/aromatic N) is 1. The molecule has 2 aromatic rings. The van der Waals surface area contributed by atoms with Gasteiger partial charge in [0.15, 0.2) is 5.96 Å². The summed E-state index contributed by atoms with van der Waals surface area (Å²) >= 11 is 0. The third kappa shape index (κ3) is 4.34. The Morgan fingerprint density at radius 1 is 1.04 bits per heavy atom. The monoisotopic (exact) mass is 333 g/mol. The molecule has 0 unspecified atom stereocenters. The first-order chi connectivity index (χ1) is 11.7. The topological polar surface area (TPSA) is 77.3 Å². The van der Waals surface area contributed by atoms with Gasteiger partial charge in [0.1, 0.15) is 23.0 Å². The molecule has 1 heterocycles. The van der Waals surface area contributed by atoms with Gasteiger partial charge in [-0.2, -0.15) is 0 Å². The van der Waals surface area contributed by atoms with Gasteiger partial charge >= 0.3 is 0 Å². The predicted molar refractivity (Wildman–Crippen MR) is 91.8 cm³/mol.